The molecule has 2 unspecified atom stereocenters. The van der Waals surface area contributed by atoms with Gasteiger partial charge in [0.05, 0.1) is 0 Å². The van der Waals surface area contributed by atoms with E-state index in [1.165, 1.54) is 16.7 Å². The highest BCUT2D eigenvalue weighted by molar-refractivity contribution is 7.99. The van der Waals surface area contributed by atoms with Gasteiger partial charge in [0.1, 0.15) is 5.52 Å². The largest absolute Gasteiger partial charge is 0.431 e. The SMILES string of the molecule is CN(Cc1ccccc1)C1=NC2C(C(=O)NC(=O)N2C)N1CCSc1nc2ccccc2o1. The van der Waals surface area contributed by atoms with Gasteiger partial charge >= 0.3 is 6.03 Å². The van der Waals surface area contributed by atoms with Crippen LogP contribution < -0.4 is 5.32 Å². The molecule has 1 saturated heterocycles. The molecule has 2 atom stereocenters. The summed E-state index contributed by atoms with van der Waals surface area (Å²) in [6.45, 7) is 1.17. The smallest absolute Gasteiger partial charge is 0.325 e. The van der Waals surface area contributed by atoms with Gasteiger partial charge in [0.25, 0.3) is 11.1 Å². The van der Waals surface area contributed by atoms with Crippen LogP contribution in [-0.2, 0) is 11.3 Å². The highest BCUT2D eigenvalue weighted by atomic mass is 32.2. The van der Waals surface area contributed by atoms with Crippen LogP contribution >= 0.6 is 11.8 Å². The molecule has 0 spiro atoms. The summed E-state index contributed by atoms with van der Waals surface area (Å²) in [5.41, 5.74) is 2.70. The fourth-order valence-electron chi connectivity index (χ4n) is 4.14. The van der Waals surface area contributed by atoms with Crippen molar-refractivity contribution < 1.29 is 14.0 Å². The van der Waals surface area contributed by atoms with E-state index in [2.05, 4.69) is 22.4 Å². The second-order valence-corrected chi connectivity index (χ2v) is 9.07. The summed E-state index contributed by atoms with van der Waals surface area (Å²) in [5, 5.41) is 3.03. The van der Waals surface area contributed by atoms with Crippen molar-refractivity contribution in [1.82, 2.24) is 25.0 Å². The maximum Gasteiger partial charge on any atom is 0.325 e. The molecule has 0 saturated carbocycles. The maximum atomic E-state index is 12.8. The van der Waals surface area contributed by atoms with E-state index in [-0.39, 0.29) is 5.91 Å². The van der Waals surface area contributed by atoms with Crippen LogP contribution in [-0.4, -0.2) is 76.2 Å². The Balaban J connectivity index is 1.35. The van der Waals surface area contributed by atoms with Crippen LogP contribution in [0, 0.1) is 0 Å². The number of benzene rings is 2. The van der Waals surface area contributed by atoms with Gasteiger partial charge in [0, 0.05) is 32.9 Å². The summed E-state index contributed by atoms with van der Waals surface area (Å²) >= 11 is 1.49. The number of carbonyl (C=O) groups excluding carboxylic acids is 2. The van der Waals surface area contributed by atoms with E-state index in [0.29, 0.717) is 30.0 Å². The number of carbonyl (C=O) groups is 2. The van der Waals surface area contributed by atoms with Crippen molar-refractivity contribution in [2.24, 2.45) is 4.99 Å². The molecule has 3 heterocycles. The van der Waals surface area contributed by atoms with E-state index in [9.17, 15) is 9.59 Å². The molecule has 0 bridgehead atoms. The van der Waals surface area contributed by atoms with Crippen LogP contribution in [0.1, 0.15) is 5.56 Å². The number of hydrogen-bond acceptors (Lipinski definition) is 8. The predicted octanol–water partition coefficient (Wildman–Crippen LogP) is 2.60. The number of para-hydroxylation sites is 2. The summed E-state index contributed by atoms with van der Waals surface area (Å²) in [4.78, 5) is 39.7. The highest BCUT2D eigenvalue weighted by Gasteiger charge is 2.49. The summed E-state index contributed by atoms with van der Waals surface area (Å²) in [6.07, 6.45) is -0.561. The molecule has 3 aromatic rings. The number of imide groups is 1. The summed E-state index contributed by atoms with van der Waals surface area (Å²) in [7, 11) is 3.61. The fourth-order valence-corrected chi connectivity index (χ4v) is 4.91. The van der Waals surface area contributed by atoms with Crippen molar-refractivity contribution in [1.29, 1.82) is 0 Å². The quantitative estimate of drug-likeness (QED) is 0.561. The third-order valence-electron chi connectivity index (χ3n) is 5.77. The van der Waals surface area contributed by atoms with Crippen molar-refractivity contribution in [2.75, 3.05) is 26.4 Å². The Kier molecular flexibility index (Phi) is 5.67. The minimum atomic E-state index is -0.579. The maximum absolute atomic E-state index is 12.8. The molecule has 0 aliphatic carbocycles. The summed E-state index contributed by atoms with van der Waals surface area (Å²) < 4.78 is 5.81. The molecule has 0 radical (unpaired) electrons. The zero-order chi connectivity index (χ0) is 22.9. The van der Waals surface area contributed by atoms with Crippen molar-refractivity contribution in [3.63, 3.8) is 0 Å². The second-order valence-electron chi connectivity index (χ2n) is 8.02. The number of nitrogens with zero attached hydrogens (tertiary/aromatic N) is 5. The lowest BCUT2D eigenvalue weighted by atomic mass is 10.1. The van der Waals surface area contributed by atoms with Crippen LogP contribution in [0.25, 0.3) is 11.1 Å². The van der Waals surface area contributed by atoms with Gasteiger partial charge in [-0.25, -0.2) is 14.8 Å². The Morgan fingerprint density at radius 3 is 2.67 bits per heavy atom. The number of urea groups is 1. The Labute approximate surface area is 195 Å². The van der Waals surface area contributed by atoms with E-state index in [0.717, 1.165) is 16.7 Å². The first kappa shape index (κ1) is 21.3. The molecule has 5 rings (SSSR count). The topological polar surface area (TPSA) is 94.3 Å². The Hall–Kier alpha value is -3.53. The minimum Gasteiger partial charge on any atom is -0.431 e. The number of thioether (sulfide) groups is 1. The first-order valence-corrected chi connectivity index (χ1v) is 11.7. The molecule has 2 aliphatic rings. The lowest BCUT2D eigenvalue weighted by Gasteiger charge is -2.37. The molecule has 2 aromatic carbocycles. The number of aromatic nitrogens is 1. The van der Waals surface area contributed by atoms with Gasteiger partial charge in [-0.15, -0.1) is 0 Å². The number of likely N-dealkylation sites (N-methyl/N-ethyl adjacent to an activating group) is 1. The van der Waals surface area contributed by atoms with Gasteiger partial charge in [-0.05, 0) is 17.7 Å². The number of amides is 3. The zero-order valence-electron chi connectivity index (χ0n) is 18.3. The third-order valence-corrected chi connectivity index (χ3v) is 6.58. The first-order chi connectivity index (χ1) is 16.0. The van der Waals surface area contributed by atoms with Crippen LogP contribution in [0.3, 0.4) is 0 Å². The normalized spacial score (nSPS) is 20.1. The van der Waals surface area contributed by atoms with E-state index >= 15 is 0 Å². The molecule has 1 N–H and O–H groups in total. The molecular formula is C23H24N6O3S. The predicted molar refractivity (Wildman–Crippen MR) is 126 cm³/mol. The summed E-state index contributed by atoms with van der Waals surface area (Å²) in [5.74, 6) is 0.990. The Morgan fingerprint density at radius 1 is 1.12 bits per heavy atom. The van der Waals surface area contributed by atoms with E-state index in [4.69, 9.17) is 9.41 Å². The van der Waals surface area contributed by atoms with Crippen LogP contribution in [0.2, 0.25) is 0 Å². The van der Waals surface area contributed by atoms with E-state index in [1.54, 1.807) is 7.05 Å². The van der Waals surface area contributed by atoms with Gasteiger partial charge in [-0.1, -0.05) is 54.2 Å². The average molecular weight is 465 g/mol. The molecule has 2 aliphatic heterocycles. The van der Waals surface area contributed by atoms with Crippen molar-refractivity contribution >= 4 is 40.8 Å². The molecular weight excluding hydrogens is 440 g/mol. The number of guanidine groups is 1. The molecule has 170 valence electrons. The second kappa shape index (κ2) is 8.78. The lowest BCUT2D eigenvalue weighted by Crippen LogP contribution is -2.64. The van der Waals surface area contributed by atoms with E-state index in [1.807, 2.05) is 59.3 Å². The lowest BCUT2D eigenvalue weighted by molar-refractivity contribution is -0.127. The monoisotopic (exact) mass is 464 g/mol. The van der Waals surface area contributed by atoms with Crippen LogP contribution in [0.15, 0.2) is 69.2 Å². The summed E-state index contributed by atoms with van der Waals surface area (Å²) in [6, 6.07) is 16.7. The van der Waals surface area contributed by atoms with Crippen LogP contribution in [0.4, 0.5) is 4.79 Å². The van der Waals surface area contributed by atoms with Gasteiger partial charge in [0.2, 0.25) is 0 Å². The zero-order valence-corrected chi connectivity index (χ0v) is 19.2. The minimum absolute atomic E-state index is 0.332. The molecule has 9 nitrogen and oxygen atoms in total. The standard InChI is InChI=1S/C23H24N6O3S/c1-27(14-15-8-4-3-5-9-15)21-25-19-18(20(30)26-22(31)28(19)2)29(21)12-13-33-23-24-16-10-6-7-11-17(16)32-23/h3-11,18-19H,12-14H2,1-2H3,(H,26,30,31). The first-order valence-electron chi connectivity index (χ1n) is 10.7. The van der Waals surface area contributed by atoms with Gasteiger partial charge in [-0.3, -0.25) is 10.1 Å². The third kappa shape index (κ3) is 4.13. The number of oxazole rings is 1. The Morgan fingerprint density at radius 2 is 1.88 bits per heavy atom. The number of rotatable bonds is 6. The highest BCUT2D eigenvalue weighted by Crippen LogP contribution is 2.28. The average Bonchev–Trinajstić information content (AvgIpc) is 3.40. The van der Waals surface area contributed by atoms with Crippen molar-refractivity contribution in [3.05, 3.63) is 60.2 Å². The van der Waals surface area contributed by atoms with Gasteiger partial charge in [-0.2, -0.15) is 0 Å². The fraction of sp³-hybridized carbons (Fsp3) is 0.304. The number of nitrogens with one attached hydrogen (secondary N) is 1. The van der Waals surface area contributed by atoms with Crippen LogP contribution in [0.5, 0.6) is 0 Å². The van der Waals surface area contributed by atoms with E-state index < -0.39 is 18.2 Å². The molecule has 10 heteroatoms. The molecule has 1 fully saturated rings. The molecule has 3 amide bonds. The number of hydrogen-bond donors (Lipinski definition) is 1. The Bertz CT molecular complexity index is 1180. The van der Waals surface area contributed by atoms with Gasteiger partial charge in [0.15, 0.2) is 23.8 Å². The number of aliphatic imine (C=N–C) groups is 1. The van der Waals surface area contributed by atoms with Crippen molar-refractivity contribution in [2.45, 2.75) is 24.0 Å². The number of fused-ring (bicyclic) bond motifs is 2. The molecule has 1 aromatic heterocycles. The van der Waals surface area contributed by atoms with Crippen molar-refractivity contribution in [3.8, 4) is 0 Å². The van der Waals surface area contributed by atoms with Gasteiger partial charge < -0.3 is 19.1 Å². The molecule has 33 heavy (non-hydrogen) atoms.